The van der Waals surface area contributed by atoms with Crippen molar-refractivity contribution in [3.63, 3.8) is 0 Å². The molecule has 1 unspecified atom stereocenters. The number of amides is 1. The molecule has 0 spiro atoms. The number of alkyl halides is 3. The molecule has 3 N–H and O–H groups in total. The van der Waals surface area contributed by atoms with Gasteiger partial charge in [-0.25, -0.2) is 14.4 Å². The van der Waals surface area contributed by atoms with Crippen LogP contribution in [0.25, 0.3) is 0 Å². The highest BCUT2D eigenvalue weighted by atomic mass is 19.4. The van der Waals surface area contributed by atoms with Crippen molar-refractivity contribution in [1.29, 1.82) is 0 Å². The van der Waals surface area contributed by atoms with Crippen molar-refractivity contribution in [2.24, 2.45) is 0 Å². The number of nitrogens with one attached hydrogen (secondary N) is 2. The summed E-state index contributed by atoms with van der Waals surface area (Å²) in [4.78, 5) is 27.5. The molecular formula is C28H30F4N6O5. The quantitative estimate of drug-likeness (QED) is 0.239. The Morgan fingerprint density at radius 1 is 1.19 bits per heavy atom. The largest absolute Gasteiger partial charge is 0.495 e. The molecule has 1 fully saturated rings. The maximum absolute atomic E-state index is 15.2. The fraction of sp³-hybridized carbons (Fsp3) is 0.393. The van der Waals surface area contributed by atoms with Crippen molar-refractivity contribution in [3.8, 4) is 17.4 Å². The second-order valence-corrected chi connectivity index (χ2v) is 10.2. The van der Waals surface area contributed by atoms with E-state index < -0.39 is 35.6 Å². The molecule has 5 rings (SSSR count). The first-order valence-electron chi connectivity index (χ1n) is 13.4. The number of carbonyl (C=O) groups excluding carboxylic acids is 1. The molecule has 2 aromatic carbocycles. The zero-order valence-corrected chi connectivity index (χ0v) is 23.5. The van der Waals surface area contributed by atoms with E-state index in [2.05, 4.69) is 25.5 Å². The summed E-state index contributed by atoms with van der Waals surface area (Å²) < 4.78 is 67.8. The maximum atomic E-state index is 15.2. The Hall–Kier alpha value is -4.05. The van der Waals surface area contributed by atoms with Crippen LogP contribution in [0.3, 0.4) is 0 Å². The smallest absolute Gasteiger partial charge is 0.423 e. The van der Waals surface area contributed by atoms with Gasteiger partial charge in [0.1, 0.15) is 29.1 Å². The number of aromatic nitrogens is 2. The number of benzene rings is 2. The van der Waals surface area contributed by atoms with E-state index in [0.717, 1.165) is 30.5 Å². The van der Waals surface area contributed by atoms with Crippen LogP contribution in [0, 0.1) is 5.82 Å². The van der Waals surface area contributed by atoms with E-state index in [9.17, 15) is 23.1 Å². The first kappa shape index (κ1) is 30.4. The first-order valence-corrected chi connectivity index (χ1v) is 13.4. The molecule has 0 saturated carbocycles. The average molecular weight is 607 g/mol. The normalized spacial score (nSPS) is 18.0. The third-order valence-corrected chi connectivity index (χ3v) is 7.23. The summed E-state index contributed by atoms with van der Waals surface area (Å²) in [5.41, 5.74) is -0.832. The van der Waals surface area contributed by atoms with Gasteiger partial charge in [0.05, 0.1) is 32.0 Å². The number of aliphatic hydroxyl groups excluding tert-OH is 1. The number of methoxy groups -OCH3 is 1. The van der Waals surface area contributed by atoms with E-state index in [1.54, 1.807) is 6.07 Å². The Labute approximate surface area is 244 Å². The summed E-state index contributed by atoms with van der Waals surface area (Å²) in [6.07, 6.45) is -3.95. The molecule has 2 aliphatic rings. The SMILES string of the molecule is COc1cc(C(O)N[C@@H]2CCCN(C)C2)c(F)cc1Nc1ncc(C(F)(F)F)c(Oc2cccc3c2C(=O)N(OC)C3)n1. The average Bonchev–Trinajstić information content (AvgIpc) is 3.29. The Kier molecular flexibility index (Phi) is 8.69. The van der Waals surface area contributed by atoms with Gasteiger partial charge in [-0.1, -0.05) is 12.1 Å². The van der Waals surface area contributed by atoms with Crippen molar-refractivity contribution in [2.45, 2.75) is 37.8 Å². The van der Waals surface area contributed by atoms with Crippen LogP contribution in [0.2, 0.25) is 0 Å². The molecule has 0 radical (unpaired) electrons. The molecular weight excluding hydrogens is 576 g/mol. The molecule has 1 aromatic heterocycles. The highest BCUT2D eigenvalue weighted by Crippen LogP contribution is 2.40. The number of carbonyl (C=O) groups is 1. The zero-order chi connectivity index (χ0) is 30.9. The molecule has 0 bridgehead atoms. The van der Waals surface area contributed by atoms with Crippen molar-refractivity contribution in [3.05, 3.63) is 64.6 Å². The number of halogens is 4. The minimum Gasteiger partial charge on any atom is -0.495 e. The van der Waals surface area contributed by atoms with Gasteiger partial charge < -0.3 is 24.8 Å². The van der Waals surface area contributed by atoms with Gasteiger partial charge >= 0.3 is 6.18 Å². The number of rotatable bonds is 9. The number of nitrogens with zero attached hydrogens (tertiary/aromatic N) is 4. The monoisotopic (exact) mass is 606 g/mol. The zero-order valence-electron chi connectivity index (χ0n) is 23.5. The van der Waals surface area contributed by atoms with Crippen molar-refractivity contribution < 1.29 is 41.8 Å². The van der Waals surface area contributed by atoms with Crippen LogP contribution >= 0.6 is 0 Å². The van der Waals surface area contributed by atoms with Crippen LogP contribution in [0.4, 0.5) is 29.2 Å². The molecule has 0 aliphatic carbocycles. The summed E-state index contributed by atoms with van der Waals surface area (Å²) in [7, 11) is 4.58. The van der Waals surface area contributed by atoms with Gasteiger partial charge in [-0.2, -0.15) is 18.2 Å². The van der Waals surface area contributed by atoms with E-state index >= 15 is 4.39 Å². The van der Waals surface area contributed by atoms with Gasteiger partial charge in [0, 0.05) is 30.4 Å². The lowest BCUT2D eigenvalue weighted by Crippen LogP contribution is -2.45. The molecule has 230 valence electrons. The van der Waals surface area contributed by atoms with Gasteiger partial charge in [-0.3, -0.25) is 14.9 Å². The summed E-state index contributed by atoms with van der Waals surface area (Å²) in [6, 6.07) is 6.75. The van der Waals surface area contributed by atoms with Crippen LogP contribution in [0.15, 0.2) is 36.5 Å². The minimum absolute atomic E-state index is 0.00873. The predicted octanol–water partition coefficient (Wildman–Crippen LogP) is 4.37. The van der Waals surface area contributed by atoms with Gasteiger partial charge in [-0.15, -0.1) is 0 Å². The topological polar surface area (TPSA) is 121 Å². The predicted molar refractivity (Wildman–Crippen MR) is 145 cm³/mol. The summed E-state index contributed by atoms with van der Waals surface area (Å²) in [5, 5.41) is 17.4. The molecule has 3 aromatic rings. The molecule has 1 amide bonds. The van der Waals surface area contributed by atoms with E-state index in [1.165, 1.54) is 32.4 Å². The van der Waals surface area contributed by atoms with Gasteiger partial charge in [-0.05, 0) is 44.1 Å². The van der Waals surface area contributed by atoms with Crippen LogP contribution in [-0.2, 0) is 17.6 Å². The summed E-state index contributed by atoms with van der Waals surface area (Å²) >= 11 is 0. The second-order valence-electron chi connectivity index (χ2n) is 10.2. The van der Waals surface area contributed by atoms with Crippen molar-refractivity contribution in [1.82, 2.24) is 25.2 Å². The number of ether oxygens (including phenoxy) is 2. The highest BCUT2D eigenvalue weighted by Gasteiger charge is 2.38. The van der Waals surface area contributed by atoms with Gasteiger partial charge in [0.25, 0.3) is 5.91 Å². The fourth-order valence-electron chi connectivity index (χ4n) is 5.12. The fourth-order valence-corrected chi connectivity index (χ4v) is 5.12. The third-order valence-electron chi connectivity index (χ3n) is 7.23. The van der Waals surface area contributed by atoms with Crippen LogP contribution in [-0.4, -0.2) is 71.3 Å². The van der Waals surface area contributed by atoms with Crippen molar-refractivity contribution >= 4 is 17.5 Å². The number of hydrogen-bond donors (Lipinski definition) is 3. The Morgan fingerprint density at radius 2 is 1.98 bits per heavy atom. The number of anilines is 2. The molecule has 1 saturated heterocycles. The molecule has 15 heteroatoms. The number of hydroxylamine groups is 2. The van der Waals surface area contributed by atoms with E-state index in [0.29, 0.717) is 18.3 Å². The van der Waals surface area contributed by atoms with Crippen LogP contribution in [0.1, 0.15) is 46.1 Å². The lowest BCUT2D eigenvalue weighted by molar-refractivity contribution is -0.139. The maximum Gasteiger partial charge on any atom is 0.423 e. The van der Waals surface area contributed by atoms with Gasteiger partial charge in [0.2, 0.25) is 11.8 Å². The molecule has 2 atom stereocenters. The number of likely N-dealkylation sites (tertiary alicyclic amines) is 1. The van der Waals surface area contributed by atoms with E-state index in [4.69, 9.17) is 14.3 Å². The minimum atomic E-state index is -4.89. The first-order chi connectivity index (χ1) is 20.5. The number of piperidine rings is 1. The number of hydrogen-bond acceptors (Lipinski definition) is 10. The van der Waals surface area contributed by atoms with E-state index in [-0.39, 0.29) is 46.8 Å². The Morgan fingerprint density at radius 3 is 2.67 bits per heavy atom. The molecule has 11 nitrogen and oxygen atoms in total. The molecule has 43 heavy (non-hydrogen) atoms. The van der Waals surface area contributed by atoms with Crippen LogP contribution < -0.4 is 20.1 Å². The lowest BCUT2D eigenvalue weighted by Gasteiger charge is -2.32. The number of likely N-dealkylation sites (N-methyl/N-ethyl adjacent to an activating group) is 1. The van der Waals surface area contributed by atoms with E-state index in [1.807, 2.05) is 7.05 Å². The molecule has 2 aliphatic heterocycles. The highest BCUT2D eigenvalue weighted by molar-refractivity contribution is 6.00. The second kappa shape index (κ2) is 12.3. The number of aliphatic hydroxyl groups is 1. The summed E-state index contributed by atoms with van der Waals surface area (Å²) in [6.45, 7) is 1.72. The lowest BCUT2D eigenvalue weighted by atomic mass is 10.0. The Bertz CT molecular complexity index is 1510. The third kappa shape index (κ3) is 6.49. The number of fused-ring (bicyclic) bond motifs is 1. The standard InChI is InChI=1S/C28H30F4N6O5/c1-37-9-5-7-16(14-37)34-24(39)17-10-22(41-2)20(11-19(17)29)35-27-33-12-18(28(30,31)32)25(36-27)43-21-8-4-6-15-13-38(42-3)26(40)23(15)21/h4,6,8,10-12,16,24,34,39H,5,7,9,13-14H2,1-3H3,(H,33,35,36)/t16-,24?/m1/s1. The van der Waals surface area contributed by atoms with Gasteiger partial charge in [0.15, 0.2) is 0 Å². The van der Waals surface area contributed by atoms with Crippen molar-refractivity contribution in [2.75, 3.05) is 39.7 Å². The van der Waals surface area contributed by atoms with Crippen LogP contribution in [0.5, 0.6) is 17.4 Å². The molecule has 3 heterocycles. The Balaban J connectivity index is 1.43. The summed E-state index contributed by atoms with van der Waals surface area (Å²) in [5.74, 6) is -2.70.